The molecule has 2 N–H and O–H groups in total. The average Bonchev–Trinajstić information content (AvgIpc) is 3.18. The number of pyridine rings is 1. The number of urea groups is 1. The van der Waals surface area contributed by atoms with Crippen molar-refractivity contribution in [1.29, 1.82) is 0 Å². The zero-order chi connectivity index (χ0) is 18.1. The highest BCUT2D eigenvalue weighted by molar-refractivity contribution is 5.89. The number of nitrogens with zero attached hydrogens (tertiary/aromatic N) is 2. The van der Waals surface area contributed by atoms with Crippen molar-refractivity contribution in [1.82, 2.24) is 9.88 Å². The highest BCUT2D eigenvalue weighted by atomic mass is 16.5. The van der Waals surface area contributed by atoms with Crippen LogP contribution in [0.3, 0.4) is 0 Å². The van der Waals surface area contributed by atoms with Gasteiger partial charge in [0.15, 0.2) is 0 Å². The first-order valence-corrected chi connectivity index (χ1v) is 8.90. The first kappa shape index (κ1) is 16.8. The van der Waals surface area contributed by atoms with E-state index in [2.05, 4.69) is 10.3 Å². The van der Waals surface area contributed by atoms with Gasteiger partial charge in [-0.15, -0.1) is 0 Å². The molecular weight excluding hydrogens is 330 g/mol. The molecule has 3 atom stereocenters. The zero-order valence-corrected chi connectivity index (χ0v) is 14.8. The highest BCUT2D eigenvalue weighted by Gasteiger charge is 2.50. The number of hydrogen-bond acceptors (Lipinski definition) is 4. The van der Waals surface area contributed by atoms with Crippen LogP contribution >= 0.6 is 0 Å². The van der Waals surface area contributed by atoms with Gasteiger partial charge < -0.3 is 20.1 Å². The Morgan fingerprint density at radius 3 is 2.69 bits per heavy atom. The van der Waals surface area contributed by atoms with Crippen molar-refractivity contribution < 1.29 is 14.6 Å². The molecule has 1 aromatic heterocycles. The van der Waals surface area contributed by atoms with Crippen molar-refractivity contribution in [3.63, 3.8) is 0 Å². The summed E-state index contributed by atoms with van der Waals surface area (Å²) >= 11 is 0. The molecule has 0 spiro atoms. The van der Waals surface area contributed by atoms with Crippen LogP contribution in [-0.2, 0) is 5.60 Å². The fourth-order valence-electron chi connectivity index (χ4n) is 4.31. The van der Waals surface area contributed by atoms with Crippen LogP contribution in [0.15, 0.2) is 48.8 Å². The standard InChI is InChI=1S/C20H23N3O3/c1-26-18-6-2-4-16(8-18)20(25)9-14-12-23(13-15(14)10-20)19(24)22-17-5-3-7-21-11-17/h2-8,11,14-15,25H,9-10,12-13H2,1H3,(H,22,24)/t14-,15+,20?. The monoisotopic (exact) mass is 353 g/mol. The maximum absolute atomic E-state index is 12.5. The Labute approximate surface area is 152 Å². The summed E-state index contributed by atoms with van der Waals surface area (Å²) in [5.41, 5.74) is 0.760. The van der Waals surface area contributed by atoms with E-state index in [1.807, 2.05) is 35.2 Å². The summed E-state index contributed by atoms with van der Waals surface area (Å²) in [5, 5.41) is 14.1. The number of fused-ring (bicyclic) bond motifs is 1. The molecule has 2 fully saturated rings. The molecule has 1 saturated heterocycles. The predicted octanol–water partition coefficient (Wildman–Crippen LogP) is 2.85. The van der Waals surface area contributed by atoms with E-state index in [1.54, 1.807) is 25.6 Å². The highest BCUT2D eigenvalue weighted by Crippen LogP contribution is 2.49. The largest absolute Gasteiger partial charge is 0.497 e. The number of rotatable bonds is 3. The fraction of sp³-hybridized carbons (Fsp3) is 0.400. The minimum Gasteiger partial charge on any atom is -0.497 e. The first-order valence-electron chi connectivity index (χ1n) is 8.90. The summed E-state index contributed by atoms with van der Waals surface area (Å²) in [7, 11) is 1.63. The summed E-state index contributed by atoms with van der Waals surface area (Å²) in [5.74, 6) is 1.38. The van der Waals surface area contributed by atoms with Crippen LogP contribution in [0.2, 0.25) is 0 Å². The lowest BCUT2D eigenvalue weighted by molar-refractivity contribution is 0.0326. The van der Waals surface area contributed by atoms with Gasteiger partial charge in [0.2, 0.25) is 0 Å². The third-order valence-corrected chi connectivity index (χ3v) is 5.58. The Bertz CT molecular complexity index is 782. The smallest absolute Gasteiger partial charge is 0.321 e. The van der Waals surface area contributed by atoms with Gasteiger partial charge in [-0.1, -0.05) is 12.1 Å². The molecule has 0 bridgehead atoms. The zero-order valence-electron chi connectivity index (χ0n) is 14.8. The number of aromatic nitrogens is 1. The SMILES string of the molecule is COc1cccc(C2(O)C[C@H]3CN(C(=O)Nc4cccnc4)C[C@H]3C2)c1. The third-order valence-electron chi connectivity index (χ3n) is 5.58. The number of benzene rings is 1. The van der Waals surface area contributed by atoms with E-state index < -0.39 is 5.60 Å². The van der Waals surface area contributed by atoms with Gasteiger partial charge in [-0.25, -0.2) is 4.79 Å². The Kier molecular flexibility index (Phi) is 4.28. The summed E-state index contributed by atoms with van der Waals surface area (Å²) in [6.07, 6.45) is 4.65. The van der Waals surface area contributed by atoms with Crippen LogP contribution in [0.4, 0.5) is 10.5 Å². The van der Waals surface area contributed by atoms with Crippen LogP contribution in [-0.4, -0.2) is 41.2 Å². The van der Waals surface area contributed by atoms with Gasteiger partial charge in [0.1, 0.15) is 5.75 Å². The summed E-state index contributed by atoms with van der Waals surface area (Å²) in [6.45, 7) is 1.34. The van der Waals surface area contributed by atoms with Crippen molar-refractivity contribution in [2.45, 2.75) is 18.4 Å². The van der Waals surface area contributed by atoms with Crippen molar-refractivity contribution in [2.24, 2.45) is 11.8 Å². The van der Waals surface area contributed by atoms with E-state index in [1.165, 1.54) is 0 Å². The predicted molar refractivity (Wildman–Crippen MR) is 97.9 cm³/mol. The maximum atomic E-state index is 12.5. The van der Waals surface area contributed by atoms with Crippen LogP contribution in [0.1, 0.15) is 18.4 Å². The number of likely N-dealkylation sites (tertiary alicyclic amines) is 1. The number of nitrogens with one attached hydrogen (secondary N) is 1. The van der Waals surface area contributed by atoms with E-state index in [0.717, 1.165) is 11.3 Å². The molecule has 2 aliphatic rings. The van der Waals surface area contributed by atoms with Gasteiger partial charge in [-0.3, -0.25) is 4.98 Å². The molecule has 26 heavy (non-hydrogen) atoms. The average molecular weight is 353 g/mol. The Morgan fingerprint density at radius 2 is 2.04 bits per heavy atom. The van der Waals surface area contributed by atoms with Crippen molar-refractivity contribution in [3.8, 4) is 5.75 Å². The molecule has 2 aromatic rings. The van der Waals surface area contributed by atoms with E-state index in [-0.39, 0.29) is 6.03 Å². The minimum atomic E-state index is -0.838. The second kappa shape index (κ2) is 6.61. The van der Waals surface area contributed by atoms with Crippen molar-refractivity contribution >= 4 is 11.7 Å². The molecule has 6 heteroatoms. The van der Waals surface area contributed by atoms with Crippen LogP contribution in [0, 0.1) is 11.8 Å². The molecule has 1 aromatic carbocycles. The van der Waals surface area contributed by atoms with E-state index in [0.29, 0.717) is 43.5 Å². The molecular formula is C20H23N3O3. The molecule has 2 heterocycles. The van der Waals surface area contributed by atoms with E-state index in [4.69, 9.17) is 4.74 Å². The number of amides is 2. The minimum absolute atomic E-state index is 0.0997. The summed E-state index contributed by atoms with van der Waals surface area (Å²) in [6, 6.07) is 11.2. The lowest BCUT2D eigenvalue weighted by Crippen LogP contribution is -2.35. The molecule has 1 aliphatic heterocycles. The number of carbonyl (C=O) groups excluding carboxylic acids is 1. The number of methoxy groups -OCH3 is 1. The second-order valence-corrected chi connectivity index (χ2v) is 7.27. The number of aliphatic hydroxyl groups is 1. The van der Waals surface area contributed by atoms with Gasteiger partial charge >= 0.3 is 6.03 Å². The van der Waals surface area contributed by atoms with Crippen LogP contribution in [0.25, 0.3) is 0 Å². The van der Waals surface area contributed by atoms with Gasteiger partial charge in [-0.05, 0) is 54.5 Å². The van der Waals surface area contributed by atoms with E-state index >= 15 is 0 Å². The normalized spacial score (nSPS) is 27.2. The molecule has 1 aliphatic carbocycles. The van der Waals surface area contributed by atoms with Gasteiger partial charge in [0.05, 0.1) is 24.6 Å². The second-order valence-electron chi connectivity index (χ2n) is 7.27. The van der Waals surface area contributed by atoms with Crippen LogP contribution < -0.4 is 10.1 Å². The molecule has 2 amide bonds. The molecule has 4 rings (SSSR count). The topological polar surface area (TPSA) is 74.7 Å². The van der Waals surface area contributed by atoms with Crippen LogP contribution in [0.5, 0.6) is 5.75 Å². The molecule has 136 valence electrons. The number of hydrogen-bond donors (Lipinski definition) is 2. The molecule has 6 nitrogen and oxygen atoms in total. The van der Waals surface area contributed by atoms with Gasteiger partial charge in [-0.2, -0.15) is 0 Å². The fourth-order valence-corrected chi connectivity index (χ4v) is 4.31. The van der Waals surface area contributed by atoms with Gasteiger partial charge in [0, 0.05) is 19.3 Å². The molecule has 0 radical (unpaired) electrons. The Hall–Kier alpha value is -2.60. The van der Waals surface area contributed by atoms with Gasteiger partial charge in [0.25, 0.3) is 0 Å². The molecule has 1 saturated carbocycles. The lowest BCUT2D eigenvalue weighted by Gasteiger charge is -2.27. The van der Waals surface area contributed by atoms with Crippen molar-refractivity contribution in [3.05, 3.63) is 54.4 Å². The Morgan fingerprint density at radius 1 is 1.27 bits per heavy atom. The number of anilines is 1. The maximum Gasteiger partial charge on any atom is 0.321 e. The lowest BCUT2D eigenvalue weighted by atomic mass is 9.90. The van der Waals surface area contributed by atoms with E-state index in [9.17, 15) is 9.90 Å². The van der Waals surface area contributed by atoms with Crippen molar-refractivity contribution in [2.75, 3.05) is 25.5 Å². The number of carbonyl (C=O) groups is 1. The summed E-state index contributed by atoms with van der Waals surface area (Å²) < 4.78 is 5.28. The number of ether oxygens (including phenoxy) is 1. The first-order chi connectivity index (χ1) is 12.6. The summed E-state index contributed by atoms with van der Waals surface area (Å²) in [4.78, 5) is 18.3. The Balaban J connectivity index is 1.41. The molecule has 1 unspecified atom stereocenters. The quantitative estimate of drug-likeness (QED) is 0.890. The third kappa shape index (κ3) is 3.12.